The first-order chi connectivity index (χ1) is 13.5. The Labute approximate surface area is 163 Å². The third-order valence-corrected chi connectivity index (χ3v) is 4.44. The predicted molar refractivity (Wildman–Crippen MR) is 111 cm³/mol. The zero-order valence-electron chi connectivity index (χ0n) is 16.3. The lowest BCUT2D eigenvalue weighted by molar-refractivity contribution is -0.385. The van der Waals surface area contributed by atoms with Gasteiger partial charge >= 0.3 is 5.69 Å². The van der Waals surface area contributed by atoms with E-state index in [1.807, 2.05) is 24.3 Å². The molecule has 0 atom stereocenters. The molecule has 0 bridgehead atoms. The fourth-order valence-corrected chi connectivity index (χ4v) is 2.97. The van der Waals surface area contributed by atoms with Gasteiger partial charge in [-0.3, -0.25) is 10.1 Å². The van der Waals surface area contributed by atoms with Gasteiger partial charge in [-0.25, -0.2) is 9.97 Å². The maximum absolute atomic E-state index is 11.4. The molecule has 3 aromatic rings. The summed E-state index contributed by atoms with van der Waals surface area (Å²) >= 11 is 0. The van der Waals surface area contributed by atoms with Gasteiger partial charge in [0, 0.05) is 18.0 Å². The Kier molecular flexibility index (Phi) is 6.03. The molecule has 3 rings (SSSR count). The molecule has 7 nitrogen and oxygen atoms in total. The highest BCUT2D eigenvalue weighted by molar-refractivity contribution is 5.92. The highest BCUT2D eigenvalue weighted by Gasteiger charge is 2.17. The lowest BCUT2D eigenvalue weighted by atomic mass is 10.0. The minimum Gasteiger partial charge on any atom is -0.487 e. The van der Waals surface area contributed by atoms with Crippen LogP contribution >= 0.6 is 0 Å². The van der Waals surface area contributed by atoms with Crippen molar-refractivity contribution < 1.29 is 9.66 Å². The van der Waals surface area contributed by atoms with Gasteiger partial charge in [-0.15, -0.1) is 0 Å². The minimum absolute atomic E-state index is 0.0426. The number of hydrogen-bond acceptors (Lipinski definition) is 6. The Bertz CT molecular complexity index is 989. The van der Waals surface area contributed by atoms with Crippen molar-refractivity contribution in [3.63, 3.8) is 0 Å². The van der Waals surface area contributed by atoms with E-state index in [-0.39, 0.29) is 11.4 Å². The molecule has 0 amide bonds. The van der Waals surface area contributed by atoms with Gasteiger partial charge in [0.15, 0.2) is 5.75 Å². The Morgan fingerprint density at radius 2 is 1.89 bits per heavy atom. The molecule has 0 fully saturated rings. The molecule has 0 saturated carbocycles. The van der Waals surface area contributed by atoms with Crippen LogP contribution in [0.3, 0.4) is 0 Å². The van der Waals surface area contributed by atoms with E-state index in [0.29, 0.717) is 12.5 Å². The maximum atomic E-state index is 11.4. The average molecular weight is 380 g/mol. The van der Waals surface area contributed by atoms with E-state index in [9.17, 15) is 10.1 Å². The third kappa shape index (κ3) is 4.36. The van der Waals surface area contributed by atoms with Crippen LogP contribution < -0.4 is 10.1 Å². The van der Waals surface area contributed by atoms with E-state index >= 15 is 0 Å². The lowest BCUT2D eigenvalue weighted by Gasteiger charge is -2.11. The molecule has 146 valence electrons. The van der Waals surface area contributed by atoms with Crippen molar-refractivity contribution in [1.82, 2.24) is 9.97 Å². The van der Waals surface area contributed by atoms with Crippen LogP contribution in [0.2, 0.25) is 0 Å². The summed E-state index contributed by atoms with van der Waals surface area (Å²) in [5.74, 6) is 1.64. The van der Waals surface area contributed by atoms with Crippen molar-refractivity contribution in [1.29, 1.82) is 0 Å². The largest absolute Gasteiger partial charge is 0.487 e. The first-order valence-corrected chi connectivity index (χ1v) is 9.39. The Hall–Kier alpha value is -3.22. The average Bonchev–Trinajstić information content (AvgIpc) is 2.68. The quantitative estimate of drug-likeness (QED) is 0.434. The van der Waals surface area contributed by atoms with E-state index in [2.05, 4.69) is 29.1 Å². The molecule has 28 heavy (non-hydrogen) atoms. The van der Waals surface area contributed by atoms with E-state index in [4.69, 9.17) is 4.74 Å². The fraction of sp³-hybridized carbons (Fsp3) is 0.333. The standard InChI is InChI=1S/C21H24N4O3/c1-4-28-20-8-6-16(12-19(20)25(26)27)15-5-7-18-17(11-15)21(24-13-23-18)22-10-9-14(2)3/h5-8,11-14H,4,9-10H2,1-3H3,(H,22,23,24). The summed E-state index contributed by atoms with van der Waals surface area (Å²) in [4.78, 5) is 19.7. The van der Waals surface area contributed by atoms with E-state index in [1.165, 1.54) is 0 Å². The predicted octanol–water partition coefficient (Wildman–Crippen LogP) is 5.06. The number of nitrogens with one attached hydrogen (secondary N) is 1. The van der Waals surface area contributed by atoms with Crippen LogP contribution in [0.4, 0.5) is 11.5 Å². The Morgan fingerprint density at radius 3 is 2.61 bits per heavy atom. The highest BCUT2D eigenvalue weighted by Crippen LogP contribution is 2.34. The monoisotopic (exact) mass is 380 g/mol. The Morgan fingerprint density at radius 1 is 1.14 bits per heavy atom. The number of ether oxygens (including phenoxy) is 1. The van der Waals surface area contributed by atoms with Crippen LogP contribution in [0.15, 0.2) is 42.7 Å². The van der Waals surface area contributed by atoms with Crippen molar-refractivity contribution in [2.75, 3.05) is 18.5 Å². The first-order valence-electron chi connectivity index (χ1n) is 9.39. The van der Waals surface area contributed by atoms with Crippen molar-refractivity contribution in [2.45, 2.75) is 27.2 Å². The van der Waals surface area contributed by atoms with Crippen molar-refractivity contribution >= 4 is 22.4 Å². The Balaban J connectivity index is 1.99. The zero-order valence-corrected chi connectivity index (χ0v) is 16.3. The summed E-state index contributed by atoms with van der Waals surface area (Å²) in [5.41, 5.74) is 2.39. The van der Waals surface area contributed by atoms with Gasteiger partial charge in [-0.2, -0.15) is 0 Å². The summed E-state index contributed by atoms with van der Waals surface area (Å²) in [6.07, 6.45) is 2.58. The fourth-order valence-electron chi connectivity index (χ4n) is 2.97. The molecule has 7 heteroatoms. The second-order valence-corrected chi connectivity index (χ2v) is 6.94. The molecule has 0 spiro atoms. The molecule has 1 aromatic heterocycles. The van der Waals surface area contributed by atoms with Gasteiger partial charge in [-0.05, 0) is 48.6 Å². The molecule has 0 aliphatic rings. The van der Waals surface area contributed by atoms with E-state index < -0.39 is 4.92 Å². The number of benzene rings is 2. The summed E-state index contributed by atoms with van der Waals surface area (Å²) in [6.45, 7) is 7.35. The third-order valence-electron chi connectivity index (χ3n) is 4.44. The van der Waals surface area contributed by atoms with Crippen LogP contribution in [0.5, 0.6) is 5.75 Å². The van der Waals surface area contributed by atoms with Crippen LogP contribution in [0.1, 0.15) is 27.2 Å². The smallest absolute Gasteiger partial charge is 0.311 e. The maximum Gasteiger partial charge on any atom is 0.311 e. The lowest BCUT2D eigenvalue weighted by Crippen LogP contribution is -2.06. The normalized spacial score (nSPS) is 11.0. The van der Waals surface area contributed by atoms with Crippen LogP contribution in [-0.4, -0.2) is 28.0 Å². The molecule has 1 N–H and O–H groups in total. The topological polar surface area (TPSA) is 90.2 Å². The van der Waals surface area contributed by atoms with Crippen molar-refractivity contribution in [3.8, 4) is 16.9 Å². The summed E-state index contributed by atoms with van der Waals surface area (Å²) in [6, 6.07) is 10.8. The molecule has 1 heterocycles. The molecular weight excluding hydrogens is 356 g/mol. The number of nitro benzene ring substituents is 1. The minimum atomic E-state index is -0.419. The van der Waals surface area contributed by atoms with Gasteiger partial charge in [0.2, 0.25) is 0 Å². The van der Waals surface area contributed by atoms with Crippen molar-refractivity contribution in [3.05, 3.63) is 52.8 Å². The molecule has 0 aliphatic heterocycles. The second-order valence-electron chi connectivity index (χ2n) is 6.94. The molecule has 0 aliphatic carbocycles. The number of nitro groups is 1. The molecule has 0 radical (unpaired) electrons. The summed E-state index contributed by atoms with van der Waals surface area (Å²) < 4.78 is 5.37. The second kappa shape index (κ2) is 8.65. The van der Waals surface area contributed by atoms with Crippen LogP contribution in [-0.2, 0) is 0 Å². The van der Waals surface area contributed by atoms with Gasteiger partial charge < -0.3 is 10.1 Å². The molecule has 0 unspecified atom stereocenters. The summed E-state index contributed by atoms with van der Waals surface area (Å²) in [7, 11) is 0. The van der Waals surface area contributed by atoms with Gasteiger partial charge in [0.1, 0.15) is 12.1 Å². The number of nitrogens with zero attached hydrogens (tertiary/aromatic N) is 3. The molecule has 0 saturated heterocycles. The molecule has 2 aromatic carbocycles. The van der Waals surface area contributed by atoms with Crippen LogP contribution in [0, 0.1) is 16.0 Å². The van der Waals surface area contributed by atoms with Crippen LogP contribution in [0.25, 0.3) is 22.0 Å². The highest BCUT2D eigenvalue weighted by atomic mass is 16.6. The van der Waals surface area contributed by atoms with Gasteiger partial charge in [0.05, 0.1) is 17.0 Å². The van der Waals surface area contributed by atoms with Crippen molar-refractivity contribution in [2.24, 2.45) is 5.92 Å². The number of rotatable bonds is 8. The van der Waals surface area contributed by atoms with Gasteiger partial charge in [-0.1, -0.05) is 26.0 Å². The molecular formula is C21H24N4O3. The van der Waals surface area contributed by atoms with Gasteiger partial charge in [0.25, 0.3) is 0 Å². The summed E-state index contributed by atoms with van der Waals surface area (Å²) in [5, 5.41) is 15.7. The zero-order chi connectivity index (χ0) is 20.1. The first kappa shape index (κ1) is 19.5. The van der Waals surface area contributed by atoms with E-state index in [0.717, 1.165) is 40.8 Å². The number of hydrogen-bond donors (Lipinski definition) is 1. The number of fused-ring (bicyclic) bond motifs is 1. The number of anilines is 1. The SMILES string of the molecule is CCOc1ccc(-c2ccc3ncnc(NCCC(C)C)c3c2)cc1[N+](=O)[O-]. The number of aromatic nitrogens is 2. The van der Waals surface area contributed by atoms with E-state index in [1.54, 1.807) is 25.4 Å².